The maximum absolute atomic E-state index is 7.08. The number of amidine groups is 1. The van der Waals surface area contributed by atoms with Crippen LogP contribution in [0.2, 0.25) is 0 Å². The minimum absolute atomic E-state index is 0.339. The second kappa shape index (κ2) is 7.16. The topological polar surface area (TPSA) is 49.9 Å². The van der Waals surface area contributed by atoms with Gasteiger partial charge in [-0.3, -0.25) is 5.41 Å². The van der Waals surface area contributed by atoms with Crippen LogP contribution in [0.4, 0.5) is 0 Å². The SMILES string of the molecule is N=C(N)CCCCSCC1CCCC1. The van der Waals surface area contributed by atoms with E-state index in [0.29, 0.717) is 5.84 Å². The van der Waals surface area contributed by atoms with E-state index < -0.39 is 0 Å². The Morgan fingerprint density at radius 1 is 1.29 bits per heavy atom. The predicted octanol–water partition coefficient (Wildman–Crippen LogP) is 3.02. The van der Waals surface area contributed by atoms with Crippen LogP contribution < -0.4 is 5.73 Å². The zero-order valence-corrected chi connectivity index (χ0v) is 9.74. The van der Waals surface area contributed by atoms with Gasteiger partial charge in [-0.05, 0) is 43.1 Å². The highest BCUT2D eigenvalue weighted by Gasteiger charge is 2.13. The number of nitrogens with one attached hydrogen (secondary N) is 1. The van der Waals surface area contributed by atoms with Crippen LogP contribution in [-0.4, -0.2) is 17.3 Å². The Kier molecular flexibility index (Phi) is 6.08. The van der Waals surface area contributed by atoms with Crippen molar-refractivity contribution in [1.82, 2.24) is 0 Å². The van der Waals surface area contributed by atoms with Gasteiger partial charge in [0.05, 0.1) is 5.84 Å². The third-order valence-corrected chi connectivity index (χ3v) is 4.10. The van der Waals surface area contributed by atoms with E-state index in [1.54, 1.807) is 0 Å². The van der Waals surface area contributed by atoms with Crippen molar-refractivity contribution in [3.63, 3.8) is 0 Å². The average Bonchev–Trinajstić information content (AvgIpc) is 2.63. The Balaban J connectivity index is 1.82. The Morgan fingerprint density at radius 2 is 2.00 bits per heavy atom. The molecule has 0 saturated heterocycles. The van der Waals surface area contributed by atoms with Crippen molar-refractivity contribution in [2.24, 2.45) is 11.7 Å². The molecule has 2 nitrogen and oxygen atoms in total. The zero-order chi connectivity index (χ0) is 10.2. The smallest absolute Gasteiger partial charge is 0.0905 e. The summed E-state index contributed by atoms with van der Waals surface area (Å²) in [6.07, 6.45) is 8.92. The van der Waals surface area contributed by atoms with Crippen LogP contribution in [0, 0.1) is 11.3 Å². The normalized spacial score (nSPS) is 17.4. The molecule has 1 saturated carbocycles. The lowest BCUT2D eigenvalue weighted by molar-refractivity contribution is 0.623. The lowest BCUT2D eigenvalue weighted by atomic mass is 10.1. The van der Waals surface area contributed by atoms with Gasteiger partial charge in [0.1, 0.15) is 0 Å². The number of unbranched alkanes of at least 4 members (excludes halogenated alkanes) is 1. The predicted molar refractivity (Wildman–Crippen MR) is 65.0 cm³/mol. The molecule has 0 aromatic heterocycles. The first-order valence-corrected chi connectivity index (χ1v) is 6.85. The lowest BCUT2D eigenvalue weighted by Gasteiger charge is -2.07. The van der Waals surface area contributed by atoms with Gasteiger partial charge in [-0.25, -0.2) is 0 Å². The van der Waals surface area contributed by atoms with E-state index in [4.69, 9.17) is 11.1 Å². The second-order valence-electron chi connectivity index (χ2n) is 4.21. The quantitative estimate of drug-likeness (QED) is 0.389. The van der Waals surface area contributed by atoms with Crippen LogP contribution in [-0.2, 0) is 0 Å². The Hall–Kier alpha value is -0.180. The van der Waals surface area contributed by atoms with Crippen molar-refractivity contribution in [2.45, 2.75) is 44.9 Å². The Labute approximate surface area is 91.5 Å². The first-order chi connectivity index (χ1) is 6.79. The van der Waals surface area contributed by atoms with Crippen LogP contribution in [0.15, 0.2) is 0 Å². The summed E-state index contributed by atoms with van der Waals surface area (Å²) in [6.45, 7) is 0. The fourth-order valence-corrected chi connectivity index (χ4v) is 3.19. The highest BCUT2D eigenvalue weighted by molar-refractivity contribution is 7.99. The number of thioether (sulfide) groups is 1. The summed E-state index contributed by atoms with van der Waals surface area (Å²) in [5, 5.41) is 7.08. The zero-order valence-electron chi connectivity index (χ0n) is 8.93. The molecule has 0 heterocycles. The molecule has 0 atom stereocenters. The minimum atomic E-state index is 0.339. The van der Waals surface area contributed by atoms with Crippen LogP contribution in [0.5, 0.6) is 0 Å². The number of nitrogens with two attached hydrogens (primary N) is 1. The van der Waals surface area contributed by atoms with Crippen molar-refractivity contribution in [2.75, 3.05) is 11.5 Å². The molecular weight excluding hydrogens is 192 g/mol. The van der Waals surface area contributed by atoms with Gasteiger partial charge in [0.15, 0.2) is 0 Å². The Morgan fingerprint density at radius 3 is 2.64 bits per heavy atom. The molecule has 0 aromatic carbocycles. The van der Waals surface area contributed by atoms with Crippen molar-refractivity contribution < 1.29 is 0 Å². The number of hydrogen-bond acceptors (Lipinski definition) is 2. The van der Waals surface area contributed by atoms with Crippen molar-refractivity contribution in [3.05, 3.63) is 0 Å². The molecule has 3 N–H and O–H groups in total. The Bertz CT molecular complexity index is 165. The summed E-state index contributed by atoms with van der Waals surface area (Å²) in [5.41, 5.74) is 5.28. The molecule has 0 aliphatic heterocycles. The molecule has 0 amide bonds. The second-order valence-corrected chi connectivity index (χ2v) is 5.36. The highest BCUT2D eigenvalue weighted by atomic mass is 32.2. The molecule has 0 aromatic rings. The van der Waals surface area contributed by atoms with E-state index in [-0.39, 0.29) is 0 Å². The van der Waals surface area contributed by atoms with Crippen molar-refractivity contribution in [1.29, 1.82) is 5.41 Å². The van der Waals surface area contributed by atoms with Gasteiger partial charge in [-0.2, -0.15) is 11.8 Å². The fourth-order valence-electron chi connectivity index (χ4n) is 1.95. The molecule has 0 spiro atoms. The summed E-state index contributed by atoms with van der Waals surface area (Å²) in [7, 11) is 0. The summed E-state index contributed by atoms with van der Waals surface area (Å²) in [5.74, 6) is 3.96. The number of hydrogen-bond donors (Lipinski definition) is 2. The van der Waals surface area contributed by atoms with E-state index in [1.165, 1.54) is 43.6 Å². The molecule has 0 radical (unpaired) electrons. The summed E-state index contributed by atoms with van der Waals surface area (Å²) < 4.78 is 0. The standard InChI is InChI=1S/C11H22N2S/c12-11(13)7-3-4-8-14-9-10-5-1-2-6-10/h10H,1-9H2,(H3,12,13). The number of rotatable bonds is 7. The molecule has 3 heteroatoms. The van der Waals surface area contributed by atoms with Gasteiger partial charge in [0.25, 0.3) is 0 Å². The lowest BCUT2D eigenvalue weighted by Crippen LogP contribution is -2.08. The van der Waals surface area contributed by atoms with Gasteiger partial charge >= 0.3 is 0 Å². The van der Waals surface area contributed by atoms with E-state index in [2.05, 4.69) is 11.8 Å². The first kappa shape index (κ1) is 11.9. The maximum Gasteiger partial charge on any atom is 0.0905 e. The molecule has 82 valence electrons. The van der Waals surface area contributed by atoms with Crippen LogP contribution in [0.25, 0.3) is 0 Å². The molecule has 0 unspecified atom stereocenters. The van der Waals surface area contributed by atoms with Gasteiger partial charge in [-0.1, -0.05) is 12.8 Å². The van der Waals surface area contributed by atoms with Crippen LogP contribution in [0.3, 0.4) is 0 Å². The molecular formula is C11H22N2S. The van der Waals surface area contributed by atoms with Crippen LogP contribution >= 0.6 is 11.8 Å². The summed E-state index contributed by atoms with van der Waals surface area (Å²) >= 11 is 2.09. The summed E-state index contributed by atoms with van der Waals surface area (Å²) in [6, 6.07) is 0. The van der Waals surface area contributed by atoms with Crippen molar-refractivity contribution in [3.8, 4) is 0 Å². The third-order valence-electron chi connectivity index (χ3n) is 2.81. The maximum atomic E-state index is 7.08. The monoisotopic (exact) mass is 214 g/mol. The van der Waals surface area contributed by atoms with Gasteiger partial charge < -0.3 is 5.73 Å². The highest BCUT2D eigenvalue weighted by Crippen LogP contribution is 2.28. The third kappa shape index (κ3) is 5.53. The van der Waals surface area contributed by atoms with Crippen molar-refractivity contribution >= 4 is 17.6 Å². The molecule has 1 aliphatic rings. The minimum Gasteiger partial charge on any atom is -0.388 e. The average molecular weight is 214 g/mol. The first-order valence-electron chi connectivity index (χ1n) is 5.69. The van der Waals surface area contributed by atoms with E-state index >= 15 is 0 Å². The molecule has 1 fully saturated rings. The fraction of sp³-hybridized carbons (Fsp3) is 0.909. The van der Waals surface area contributed by atoms with E-state index in [9.17, 15) is 0 Å². The molecule has 0 bridgehead atoms. The van der Waals surface area contributed by atoms with E-state index in [1.807, 2.05) is 0 Å². The van der Waals surface area contributed by atoms with Gasteiger partial charge in [0, 0.05) is 6.42 Å². The molecule has 1 aliphatic carbocycles. The summed E-state index contributed by atoms with van der Waals surface area (Å²) in [4.78, 5) is 0. The van der Waals surface area contributed by atoms with Gasteiger partial charge in [-0.15, -0.1) is 0 Å². The van der Waals surface area contributed by atoms with Gasteiger partial charge in [0.2, 0.25) is 0 Å². The van der Waals surface area contributed by atoms with Crippen LogP contribution in [0.1, 0.15) is 44.9 Å². The largest absolute Gasteiger partial charge is 0.388 e. The molecule has 14 heavy (non-hydrogen) atoms. The van der Waals surface area contributed by atoms with E-state index in [0.717, 1.165) is 18.8 Å². The molecule has 1 rings (SSSR count).